The zero-order chi connectivity index (χ0) is 10.0. The van der Waals surface area contributed by atoms with E-state index in [4.69, 9.17) is 5.11 Å². The largest absolute Gasteiger partial charge is 0.480 e. The Hall–Kier alpha value is -1.10. The number of aliphatic carboxylic acids is 1. The van der Waals surface area contributed by atoms with Crippen LogP contribution in [0.3, 0.4) is 0 Å². The number of anilines is 1. The normalized spacial score (nSPS) is 10.1. The number of carboxylic acid groups (broad SMARTS) is 1. The van der Waals surface area contributed by atoms with Crippen LogP contribution in [0.1, 0.15) is 10.6 Å². The number of aryl methyl sites for hydroxylation is 2. The molecule has 0 aliphatic rings. The maximum absolute atomic E-state index is 10.4. The van der Waals surface area contributed by atoms with Crippen LogP contribution in [0.5, 0.6) is 0 Å². The van der Waals surface area contributed by atoms with Gasteiger partial charge in [-0.2, -0.15) is 0 Å². The zero-order valence-electron chi connectivity index (χ0n) is 7.87. The second-order valence-corrected chi connectivity index (χ2v) is 4.07. The Bertz CT molecular complexity index is 302. The molecular weight excluding hydrogens is 188 g/mol. The fourth-order valence-electron chi connectivity index (χ4n) is 0.890. The highest BCUT2D eigenvalue weighted by Gasteiger charge is 2.10. The lowest BCUT2D eigenvalue weighted by atomic mass is 10.4. The Kier molecular flexibility index (Phi) is 2.87. The lowest BCUT2D eigenvalue weighted by molar-refractivity contribution is -0.135. The molecule has 1 aromatic heterocycles. The van der Waals surface area contributed by atoms with Gasteiger partial charge in [0.2, 0.25) is 0 Å². The number of thiazole rings is 1. The quantitative estimate of drug-likeness (QED) is 0.798. The molecule has 0 aromatic carbocycles. The molecule has 0 amide bonds. The van der Waals surface area contributed by atoms with E-state index >= 15 is 0 Å². The van der Waals surface area contributed by atoms with E-state index in [1.54, 1.807) is 11.9 Å². The van der Waals surface area contributed by atoms with Gasteiger partial charge in [0.15, 0.2) is 5.13 Å². The Morgan fingerprint density at radius 1 is 1.62 bits per heavy atom. The molecule has 1 rings (SSSR count). The summed E-state index contributed by atoms with van der Waals surface area (Å²) in [5.41, 5.74) is 0.970. The van der Waals surface area contributed by atoms with Gasteiger partial charge < -0.3 is 10.0 Å². The van der Waals surface area contributed by atoms with E-state index in [9.17, 15) is 4.79 Å². The van der Waals surface area contributed by atoms with Gasteiger partial charge in [-0.1, -0.05) is 0 Å². The highest BCUT2D eigenvalue weighted by molar-refractivity contribution is 7.15. The first kappa shape index (κ1) is 9.98. The Morgan fingerprint density at radius 3 is 2.62 bits per heavy atom. The molecule has 1 aromatic rings. The standard InChI is InChI=1S/C8H12N2O2S/c1-5-6(2)13-8(9-5)10(3)4-7(11)12/h4H2,1-3H3,(H,11,12). The number of carboxylic acids is 1. The average Bonchev–Trinajstić information content (AvgIpc) is 2.31. The Morgan fingerprint density at radius 2 is 2.23 bits per heavy atom. The summed E-state index contributed by atoms with van der Waals surface area (Å²) in [6.07, 6.45) is 0. The number of rotatable bonds is 3. The maximum Gasteiger partial charge on any atom is 0.323 e. The third-order valence-electron chi connectivity index (χ3n) is 1.72. The molecule has 0 saturated heterocycles. The Labute approximate surface area is 80.8 Å². The molecule has 4 nitrogen and oxygen atoms in total. The topological polar surface area (TPSA) is 53.4 Å². The number of nitrogens with zero attached hydrogens (tertiary/aromatic N) is 2. The highest BCUT2D eigenvalue weighted by atomic mass is 32.1. The van der Waals surface area contributed by atoms with Crippen molar-refractivity contribution in [2.24, 2.45) is 0 Å². The first-order valence-electron chi connectivity index (χ1n) is 3.87. The maximum atomic E-state index is 10.4. The molecule has 1 N–H and O–H groups in total. The van der Waals surface area contributed by atoms with Gasteiger partial charge in [-0.25, -0.2) is 4.98 Å². The van der Waals surface area contributed by atoms with Crippen molar-refractivity contribution in [3.05, 3.63) is 10.6 Å². The minimum absolute atomic E-state index is 0.00755. The summed E-state index contributed by atoms with van der Waals surface area (Å²) >= 11 is 1.52. The predicted molar refractivity (Wildman–Crippen MR) is 52.5 cm³/mol. The molecule has 0 atom stereocenters. The molecule has 0 radical (unpaired) electrons. The molecule has 0 unspecified atom stereocenters. The van der Waals surface area contributed by atoms with Crippen molar-refractivity contribution in [1.82, 2.24) is 4.98 Å². The van der Waals surface area contributed by atoms with Gasteiger partial charge in [0.05, 0.1) is 5.69 Å². The first-order valence-corrected chi connectivity index (χ1v) is 4.69. The van der Waals surface area contributed by atoms with Gasteiger partial charge >= 0.3 is 5.97 Å². The van der Waals surface area contributed by atoms with Crippen LogP contribution >= 0.6 is 11.3 Å². The van der Waals surface area contributed by atoms with Gasteiger partial charge in [0.1, 0.15) is 6.54 Å². The molecule has 1 heterocycles. The van der Waals surface area contributed by atoms with Crippen molar-refractivity contribution in [3.8, 4) is 0 Å². The minimum Gasteiger partial charge on any atom is -0.480 e. The molecule has 0 aliphatic heterocycles. The van der Waals surface area contributed by atoms with E-state index < -0.39 is 5.97 Å². The molecule has 72 valence electrons. The number of hydrogen-bond acceptors (Lipinski definition) is 4. The molecule has 0 saturated carbocycles. The molecule has 5 heteroatoms. The summed E-state index contributed by atoms with van der Waals surface area (Å²) in [5.74, 6) is -0.840. The van der Waals surface area contributed by atoms with Crippen molar-refractivity contribution in [1.29, 1.82) is 0 Å². The van der Waals surface area contributed by atoms with Crippen LogP contribution < -0.4 is 4.90 Å². The zero-order valence-corrected chi connectivity index (χ0v) is 8.68. The number of aromatic nitrogens is 1. The molecule has 0 fully saturated rings. The summed E-state index contributed by atoms with van der Waals surface area (Å²) in [5, 5.41) is 9.32. The molecule has 0 spiro atoms. The highest BCUT2D eigenvalue weighted by Crippen LogP contribution is 2.23. The fourth-order valence-corrected chi connectivity index (χ4v) is 1.76. The number of likely N-dealkylation sites (N-methyl/N-ethyl adjacent to an activating group) is 1. The van der Waals surface area contributed by atoms with Crippen molar-refractivity contribution in [2.75, 3.05) is 18.5 Å². The molecule has 0 aliphatic carbocycles. The van der Waals surface area contributed by atoms with Crippen LogP contribution in [0.25, 0.3) is 0 Å². The van der Waals surface area contributed by atoms with E-state index in [1.807, 2.05) is 13.8 Å². The van der Waals surface area contributed by atoms with Crippen LogP contribution in [-0.2, 0) is 4.79 Å². The van der Waals surface area contributed by atoms with Gasteiger partial charge in [-0.05, 0) is 13.8 Å². The van der Waals surface area contributed by atoms with Crippen LogP contribution in [-0.4, -0.2) is 29.7 Å². The van der Waals surface area contributed by atoms with Gasteiger partial charge in [0, 0.05) is 11.9 Å². The monoisotopic (exact) mass is 200 g/mol. The fraction of sp³-hybridized carbons (Fsp3) is 0.500. The average molecular weight is 200 g/mol. The van der Waals surface area contributed by atoms with Crippen molar-refractivity contribution >= 4 is 22.4 Å². The number of hydrogen-bond donors (Lipinski definition) is 1. The van der Waals surface area contributed by atoms with E-state index in [0.29, 0.717) is 0 Å². The SMILES string of the molecule is Cc1nc(N(C)CC(=O)O)sc1C. The second-order valence-electron chi connectivity index (χ2n) is 2.89. The second kappa shape index (κ2) is 3.74. The summed E-state index contributed by atoms with van der Waals surface area (Å²) < 4.78 is 0. The third kappa shape index (κ3) is 2.42. The minimum atomic E-state index is -0.840. The third-order valence-corrected chi connectivity index (χ3v) is 2.90. The smallest absolute Gasteiger partial charge is 0.323 e. The molecule has 13 heavy (non-hydrogen) atoms. The van der Waals surface area contributed by atoms with Crippen molar-refractivity contribution in [2.45, 2.75) is 13.8 Å². The van der Waals surface area contributed by atoms with Crippen molar-refractivity contribution in [3.63, 3.8) is 0 Å². The van der Waals surface area contributed by atoms with Crippen LogP contribution in [0.4, 0.5) is 5.13 Å². The van der Waals surface area contributed by atoms with Crippen LogP contribution in [0.15, 0.2) is 0 Å². The van der Waals surface area contributed by atoms with E-state index in [-0.39, 0.29) is 6.54 Å². The van der Waals surface area contributed by atoms with E-state index in [1.165, 1.54) is 11.3 Å². The lowest BCUT2D eigenvalue weighted by Gasteiger charge is -2.11. The summed E-state index contributed by atoms with van der Waals surface area (Å²) in [7, 11) is 1.73. The Balaban J connectivity index is 2.77. The van der Waals surface area contributed by atoms with Gasteiger partial charge in [0.25, 0.3) is 0 Å². The first-order chi connectivity index (χ1) is 6.00. The van der Waals surface area contributed by atoms with Gasteiger partial charge in [-0.3, -0.25) is 4.79 Å². The molecular formula is C8H12N2O2S. The molecule has 0 bridgehead atoms. The van der Waals surface area contributed by atoms with E-state index in [2.05, 4.69) is 4.98 Å². The lowest BCUT2D eigenvalue weighted by Crippen LogP contribution is -2.24. The summed E-state index contributed by atoms with van der Waals surface area (Å²) in [6, 6.07) is 0. The van der Waals surface area contributed by atoms with E-state index in [0.717, 1.165) is 15.7 Å². The summed E-state index contributed by atoms with van der Waals surface area (Å²) in [4.78, 5) is 17.4. The van der Waals surface area contributed by atoms with Gasteiger partial charge in [-0.15, -0.1) is 11.3 Å². The van der Waals surface area contributed by atoms with Crippen molar-refractivity contribution < 1.29 is 9.90 Å². The number of carbonyl (C=O) groups is 1. The van der Waals surface area contributed by atoms with Crippen LogP contribution in [0.2, 0.25) is 0 Å². The van der Waals surface area contributed by atoms with Crippen LogP contribution in [0, 0.1) is 13.8 Å². The predicted octanol–water partition coefficient (Wildman–Crippen LogP) is 1.28. The summed E-state index contributed by atoms with van der Waals surface area (Å²) in [6.45, 7) is 3.89.